The topological polar surface area (TPSA) is 64.6 Å². The summed E-state index contributed by atoms with van der Waals surface area (Å²) in [6.45, 7) is 2.12. The number of carbonyl (C=O) groups excluding carboxylic acids is 2. The van der Waals surface area contributed by atoms with E-state index >= 15 is 0 Å². The Kier molecular flexibility index (Phi) is 5.91. The molecule has 2 aromatic carbocycles. The van der Waals surface area contributed by atoms with Crippen LogP contribution in [0.5, 0.6) is 0 Å². The number of benzene rings is 2. The van der Waals surface area contributed by atoms with E-state index in [2.05, 4.69) is 5.48 Å². The zero-order valence-corrected chi connectivity index (χ0v) is 12.5. The Bertz CT molecular complexity index is 649. The fourth-order valence-corrected chi connectivity index (χ4v) is 2.09. The first-order valence-corrected chi connectivity index (χ1v) is 7.22. The Morgan fingerprint density at radius 3 is 2.55 bits per heavy atom. The van der Waals surface area contributed by atoms with Gasteiger partial charge in [-0.1, -0.05) is 36.4 Å². The molecule has 0 atom stereocenters. The average molecular weight is 301 g/mol. The molecule has 0 spiro atoms. The lowest BCUT2D eigenvalue weighted by Gasteiger charge is -2.08. The molecule has 0 bridgehead atoms. The van der Waals surface area contributed by atoms with Crippen molar-refractivity contribution >= 4 is 22.6 Å². The molecule has 116 valence electrons. The molecule has 1 amide bonds. The van der Waals surface area contributed by atoms with Gasteiger partial charge in [-0.05, 0) is 29.7 Å². The molecule has 0 aromatic heterocycles. The number of nitrogens with one attached hydrogen (secondary N) is 1. The maximum atomic E-state index is 12.1. The second-order valence-electron chi connectivity index (χ2n) is 4.85. The highest BCUT2D eigenvalue weighted by Crippen LogP contribution is 2.18. The summed E-state index contributed by atoms with van der Waals surface area (Å²) in [7, 11) is 0. The SMILES string of the molecule is CC(=O)OCCCCONC(=O)c1cccc2ccccc12. The molecule has 2 rings (SSSR count). The summed E-state index contributed by atoms with van der Waals surface area (Å²) in [6, 6.07) is 13.3. The number of fused-ring (bicyclic) bond motifs is 1. The summed E-state index contributed by atoms with van der Waals surface area (Å²) in [4.78, 5) is 27.9. The number of ether oxygens (including phenoxy) is 1. The molecule has 5 heteroatoms. The van der Waals surface area contributed by atoms with Crippen molar-refractivity contribution in [3.05, 3.63) is 48.0 Å². The second-order valence-corrected chi connectivity index (χ2v) is 4.85. The number of hydrogen-bond acceptors (Lipinski definition) is 4. The summed E-state index contributed by atoms with van der Waals surface area (Å²) in [5.74, 6) is -0.554. The normalized spacial score (nSPS) is 10.4. The highest BCUT2D eigenvalue weighted by Gasteiger charge is 2.09. The number of carbonyl (C=O) groups is 2. The number of rotatable bonds is 7. The van der Waals surface area contributed by atoms with Gasteiger partial charge in [0.25, 0.3) is 5.91 Å². The van der Waals surface area contributed by atoms with Crippen molar-refractivity contribution in [3.8, 4) is 0 Å². The lowest BCUT2D eigenvalue weighted by molar-refractivity contribution is -0.141. The minimum Gasteiger partial charge on any atom is -0.466 e. The van der Waals surface area contributed by atoms with Gasteiger partial charge in [-0.25, -0.2) is 5.48 Å². The van der Waals surface area contributed by atoms with E-state index in [9.17, 15) is 9.59 Å². The van der Waals surface area contributed by atoms with Gasteiger partial charge >= 0.3 is 5.97 Å². The molecule has 0 fully saturated rings. The lowest BCUT2D eigenvalue weighted by Crippen LogP contribution is -2.24. The van der Waals surface area contributed by atoms with Gasteiger partial charge in [0.15, 0.2) is 0 Å². The summed E-state index contributed by atoms with van der Waals surface area (Å²) < 4.78 is 4.81. The van der Waals surface area contributed by atoms with Crippen LogP contribution in [0.25, 0.3) is 10.8 Å². The molecular weight excluding hydrogens is 282 g/mol. The fourth-order valence-electron chi connectivity index (χ4n) is 2.09. The van der Waals surface area contributed by atoms with Crippen molar-refractivity contribution in [1.82, 2.24) is 5.48 Å². The van der Waals surface area contributed by atoms with E-state index in [1.54, 1.807) is 6.07 Å². The minimum absolute atomic E-state index is 0.267. The Balaban J connectivity index is 1.78. The van der Waals surface area contributed by atoms with Crippen LogP contribution in [0, 0.1) is 0 Å². The smallest absolute Gasteiger partial charge is 0.302 e. The Hall–Kier alpha value is -2.40. The van der Waals surface area contributed by atoms with Crippen LogP contribution in [0.2, 0.25) is 0 Å². The van der Waals surface area contributed by atoms with Crippen molar-refractivity contribution in [1.29, 1.82) is 0 Å². The molecular formula is C17H19NO4. The van der Waals surface area contributed by atoms with Crippen LogP contribution in [0.4, 0.5) is 0 Å². The van der Waals surface area contributed by atoms with Crippen molar-refractivity contribution in [2.24, 2.45) is 0 Å². The highest BCUT2D eigenvalue weighted by atomic mass is 16.6. The average Bonchev–Trinajstić information content (AvgIpc) is 2.53. The lowest BCUT2D eigenvalue weighted by atomic mass is 10.0. The fraction of sp³-hybridized carbons (Fsp3) is 0.294. The van der Waals surface area contributed by atoms with Crippen LogP contribution in [0.3, 0.4) is 0 Å². The quantitative estimate of drug-likeness (QED) is 0.485. The number of hydroxylamine groups is 1. The molecule has 2 aromatic rings. The molecule has 0 heterocycles. The first kappa shape index (κ1) is 16.0. The van der Waals surface area contributed by atoms with Gasteiger partial charge in [0.2, 0.25) is 0 Å². The first-order chi connectivity index (χ1) is 10.7. The van der Waals surface area contributed by atoms with Crippen molar-refractivity contribution in [2.75, 3.05) is 13.2 Å². The van der Waals surface area contributed by atoms with Crippen LogP contribution in [-0.4, -0.2) is 25.1 Å². The predicted octanol–water partition coefficient (Wildman–Crippen LogP) is 2.84. The Labute approximate surface area is 129 Å². The van der Waals surface area contributed by atoms with Gasteiger partial charge in [0.05, 0.1) is 13.2 Å². The molecule has 0 aliphatic heterocycles. The van der Waals surface area contributed by atoms with Crippen LogP contribution in [0.1, 0.15) is 30.1 Å². The minimum atomic E-state index is -0.287. The van der Waals surface area contributed by atoms with Gasteiger partial charge in [-0.2, -0.15) is 0 Å². The third-order valence-electron chi connectivity index (χ3n) is 3.15. The zero-order valence-electron chi connectivity index (χ0n) is 12.5. The number of esters is 1. The summed E-state index contributed by atoms with van der Waals surface area (Å²) in [5.41, 5.74) is 3.03. The Morgan fingerprint density at radius 2 is 1.73 bits per heavy atom. The standard InChI is InChI=1S/C17H19NO4/c1-13(19)21-11-4-5-12-22-18-17(20)16-10-6-8-14-7-2-3-9-15(14)16/h2-3,6-10H,4-5,11-12H2,1H3,(H,18,20). The molecule has 0 saturated heterocycles. The van der Waals surface area contributed by atoms with Crippen molar-refractivity contribution in [3.63, 3.8) is 0 Å². The molecule has 1 N–H and O–H groups in total. The van der Waals surface area contributed by atoms with Crippen molar-refractivity contribution in [2.45, 2.75) is 19.8 Å². The molecule has 0 aliphatic rings. The second kappa shape index (κ2) is 8.14. The molecule has 5 nitrogen and oxygen atoms in total. The van der Waals surface area contributed by atoms with Crippen LogP contribution in [-0.2, 0) is 14.4 Å². The third kappa shape index (κ3) is 4.56. The van der Waals surface area contributed by atoms with Crippen LogP contribution in [0.15, 0.2) is 42.5 Å². The summed E-state index contributed by atoms with van der Waals surface area (Å²) in [5, 5.41) is 1.90. The van der Waals surface area contributed by atoms with E-state index in [0.29, 0.717) is 31.6 Å². The number of unbranched alkanes of at least 4 members (excludes halogenated alkanes) is 1. The van der Waals surface area contributed by atoms with E-state index < -0.39 is 0 Å². The Morgan fingerprint density at radius 1 is 1.00 bits per heavy atom. The van der Waals surface area contributed by atoms with Gasteiger partial charge in [0.1, 0.15) is 0 Å². The first-order valence-electron chi connectivity index (χ1n) is 7.22. The van der Waals surface area contributed by atoms with Gasteiger partial charge in [0, 0.05) is 12.5 Å². The van der Waals surface area contributed by atoms with Crippen LogP contribution >= 0.6 is 0 Å². The van der Waals surface area contributed by atoms with E-state index in [1.165, 1.54) is 6.92 Å². The van der Waals surface area contributed by atoms with Crippen LogP contribution < -0.4 is 5.48 Å². The molecule has 0 saturated carbocycles. The van der Waals surface area contributed by atoms with Crippen molar-refractivity contribution < 1.29 is 19.2 Å². The van der Waals surface area contributed by atoms with E-state index in [4.69, 9.17) is 9.57 Å². The van der Waals surface area contributed by atoms with E-state index in [0.717, 1.165) is 10.8 Å². The zero-order chi connectivity index (χ0) is 15.8. The molecule has 0 radical (unpaired) electrons. The summed E-state index contributed by atoms with van der Waals surface area (Å²) in [6.07, 6.45) is 1.40. The van der Waals surface area contributed by atoms with Gasteiger partial charge in [-0.3, -0.25) is 14.4 Å². The maximum absolute atomic E-state index is 12.1. The van der Waals surface area contributed by atoms with Gasteiger partial charge in [-0.15, -0.1) is 0 Å². The predicted molar refractivity (Wildman–Crippen MR) is 83.2 cm³/mol. The molecule has 0 unspecified atom stereocenters. The highest BCUT2D eigenvalue weighted by molar-refractivity contribution is 6.06. The van der Waals surface area contributed by atoms with Gasteiger partial charge < -0.3 is 4.74 Å². The van der Waals surface area contributed by atoms with E-state index in [-0.39, 0.29) is 11.9 Å². The summed E-state index contributed by atoms with van der Waals surface area (Å²) >= 11 is 0. The third-order valence-corrected chi connectivity index (χ3v) is 3.15. The monoisotopic (exact) mass is 301 g/mol. The largest absolute Gasteiger partial charge is 0.466 e. The molecule has 0 aliphatic carbocycles. The number of hydrogen-bond donors (Lipinski definition) is 1. The molecule has 22 heavy (non-hydrogen) atoms. The maximum Gasteiger partial charge on any atom is 0.302 e. The van der Waals surface area contributed by atoms with E-state index in [1.807, 2.05) is 36.4 Å². The number of amides is 1.